The highest BCUT2D eigenvalue weighted by molar-refractivity contribution is 5.89. The summed E-state index contributed by atoms with van der Waals surface area (Å²) >= 11 is 0. The molecule has 1 aromatic heterocycles. The van der Waals surface area contributed by atoms with Crippen LogP contribution in [0.2, 0.25) is 0 Å². The maximum Gasteiger partial charge on any atom is 0.319 e. The minimum atomic E-state index is -0.311. The van der Waals surface area contributed by atoms with Crippen molar-refractivity contribution in [3.05, 3.63) is 36.4 Å². The zero-order valence-electron chi connectivity index (χ0n) is 10.7. The number of hydrogen-bond acceptors (Lipinski definition) is 4. The summed E-state index contributed by atoms with van der Waals surface area (Å²) in [6, 6.07) is 6.51. The molecular formula is C12H15N5O2. The summed E-state index contributed by atoms with van der Waals surface area (Å²) in [5, 5.41) is 11.9. The van der Waals surface area contributed by atoms with E-state index in [1.165, 1.54) is 6.33 Å². The van der Waals surface area contributed by atoms with Crippen LogP contribution in [0.15, 0.2) is 30.6 Å². The van der Waals surface area contributed by atoms with Crippen molar-refractivity contribution in [3.63, 3.8) is 0 Å². The van der Waals surface area contributed by atoms with Gasteiger partial charge in [-0.3, -0.25) is 5.10 Å². The van der Waals surface area contributed by atoms with Gasteiger partial charge in [0.25, 0.3) is 0 Å². The highest BCUT2D eigenvalue weighted by Crippen LogP contribution is 2.15. The van der Waals surface area contributed by atoms with Crippen LogP contribution in [0.1, 0.15) is 18.8 Å². The lowest BCUT2D eigenvalue weighted by Gasteiger charge is -2.12. The summed E-state index contributed by atoms with van der Waals surface area (Å²) in [5.41, 5.74) is 0.683. The summed E-state index contributed by atoms with van der Waals surface area (Å²) in [5.74, 6) is 1.34. The maximum absolute atomic E-state index is 11.8. The highest BCUT2D eigenvalue weighted by Gasteiger charge is 2.11. The fourth-order valence-corrected chi connectivity index (χ4v) is 1.53. The van der Waals surface area contributed by atoms with E-state index in [9.17, 15) is 4.79 Å². The van der Waals surface area contributed by atoms with Gasteiger partial charge in [-0.05, 0) is 31.2 Å². The van der Waals surface area contributed by atoms with E-state index in [4.69, 9.17) is 4.74 Å². The van der Waals surface area contributed by atoms with Crippen molar-refractivity contribution >= 4 is 11.7 Å². The summed E-state index contributed by atoms with van der Waals surface area (Å²) in [6.07, 6.45) is 1.40. The quantitative estimate of drug-likeness (QED) is 0.781. The molecular weight excluding hydrogens is 246 g/mol. The molecule has 7 heteroatoms. The van der Waals surface area contributed by atoms with Crippen LogP contribution in [0.3, 0.4) is 0 Å². The van der Waals surface area contributed by atoms with Crippen LogP contribution >= 0.6 is 0 Å². The van der Waals surface area contributed by atoms with Gasteiger partial charge in [0.15, 0.2) is 0 Å². The Morgan fingerprint density at radius 1 is 1.37 bits per heavy atom. The predicted octanol–water partition coefficient (Wildman–Crippen LogP) is 1.70. The summed E-state index contributed by atoms with van der Waals surface area (Å²) in [7, 11) is 1.59. The molecule has 100 valence electrons. The second-order valence-corrected chi connectivity index (χ2v) is 3.92. The number of hydrogen-bond donors (Lipinski definition) is 3. The van der Waals surface area contributed by atoms with Crippen molar-refractivity contribution in [3.8, 4) is 5.75 Å². The standard InChI is InChI=1S/C12H15N5O2/c1-8(11-13-7-14-17-11)15-12(18)16-9-3-5-10(19-2)6-4-9/h3-8H,1-2H3,(H,13,14,17)(H2,15,16,18)/t8-/m0/s1. The molecule has 0 unspecified atom stereocenters. The number of H-pyrrole nitrogens is 1. The molecule has 0 saturated carbocycles. The van der Waals surface area contributed by atoms with Gasteiger partial charge in [0, 0.05) is 5.69 Å². The number of carbonyl (C=O) groups excluding carboxylic acids is 1. The van der Waals surface area contributed by atoms with Gasteiger partial charge in [-0.25, -0.2) is 9.78 Å². The molecule has 2 rings (SSSR count). The number of benzene rings is 1. The lowest BCUT2D eigenvalue weighted by Crippen LogP contribution is -2.31. The van der Waals surface area contributed by atoms with Gasteiger partial charge in [-0.15, -0.1) is 0 Å². The lowest BCUT2D eigenvalue weighted by atomic mass is 10.3. The molecule has 7 nitrogen and oxygen atoms in total. The number of methoxy groups -OCH3 is 1. The van der Waals surface area contributed by atoms with Gasteiger partial charge in [0.05, 0.1) is 13.2 Å². The van der Waals surface area contributed by atoms with E-state index in [1.807, 2.05) is 6.92 Å². The normalized spacial score (nSPS) is 11.7. The third-order valence-corrected chi connectivity index (χ3v) is 2.54. The largest absolute Gasteiger partial charge is 0.497 e. The van der Waals surface area contributed by atoms with E-state index in [2.05, 4.69) is 25.8 Å². The minimum Gasteiger partial charge on any atom is -0.497 e. The van der Waals surface area contributed by atoms with Gasteiger partial charge in [0.1, 0.15) is 17.9 Å². The van der Waals surface area contributed by atoms with Gasteiger partial charge in [-0.2, -0.15) is 5.10 Å². The molecule has 0 fully saturated rings. The van der Waals surface area contributed by atoms with Crippen LogP contribution in [0.5, 0.6) is 5.75 Å². The van der Waals surface area contributed by atoms with Gasteiger partial charge >= 0.3 is 6.03 Å². The third-order valence-electron chi connectivity index (χ3n) is 2.54. The fraction of sp³-hybridized carbons (Fsp3) is 0.250. The molecule has 19 heavy (non-hydrogen) atoms. The van der Waals surface area contributed by atoms with Crippen LogP contribution in [0.4, 0.5) is 10.5 Å². The lowest BCUT2D eigenvalue weighted by molar-refractivity contribution is 0.249. The molecule has 1 heterocycles. The average molecular weight is 261 g/mol. The molecule has 2 amide bonds. The van der Waals surface area contributed by atoms with E-state index in [-0.39, 0.29) is 12.1 Å². The Bertz CT molecular complexity index is 524. The third kappa shape index (κ3) is 3.44. The van der Waals surface area contributed by atoms with Crippen molar-refractivity contribution in [2.45, 2.75) is 13.0 Å². The molecule has 1 aromatic carbocycles. The molecule has 1 atom stereocenters. The van der Waals surface area contributed by atoms with Crippen molar-refractivity contribution in [2.24, 2.45) is 0 Å². The summed E-state index contributed by atoms with van der Waals surface area (Å²) in [6.45, 7) is 1.81. The topological polar surface area (TPSA) is 91.9 Å². The van der Waals surface area contributed by atoms with Crippen molar-refractivity contribution in [1.82, 2.24) is 20.5 Å². The molecule has 0 aliphatic rings. The number of anilines is 1. The Morgan fingerprint density at radius 3 is 2.68 bits per heavy atom. The van der Waals surface area contributed by atoms with E-state index in [1.54, 1.807) is 31.4 Å². The van der Waals surface area contributed by atoms with Crippen molar-refractivity contribution < 1.29 is 9.53 Å². The molecule has 3 N–H and O–H groups in total. The zero-order chi connectivity index (χ0) is 13.7. The molecule has 0 aliphatic heterocycles. The van der Waals surface area contributed by atoms with E-state index in [0.29, 0.717) is 11.5 Å². The number of ether oxygens (including phenoxy) is 1. The van der Waals surface area contributed by atoms with E-state index >= 15 is 0 Å². The summed E-state index contributed by atoms with van der Waals surface area (Å²) < 4.78 is 5.04. The first-order valence-electron chi connectivity index (χ1n) is 5.76. The monoisotopic (exact) mass is 261 g/mol. The molecule has 2 aromatic rings. The molecule has 0 aliphatic carbocycles. The molecule has 0 radical (unpaired) electrons. The molecule has 0 spiro atoms. The number of urea groups is 1. The zero-order valence-corrected chi connectivity index (χ0v) is 10.7. The predicted molar refractivity (Wildman–Crippen MR) is 69.9 cm³/mol. The number of carbonyl (C=O) groups is 1. The Morgan fingerprint density at radius 2 is 2.11 bits per heavy atom. The van der Waals surface area contributed by atoms with Crippen LogP contribution in [-0.4, -0.2) is 28.3 Å². The second-order valence-electron chi connectivity index (χ2n) is 3.92. The Hall–Kier alpha value is -2.57. The second kappa shape index (κ2) is 5.85. The number of rotatable bonds is 4. The number of nitrogens with zero attached hydrogens (tertiary/aromatic N) is 2. The first-order valence-corrected chi connectivity index (χ1v) is 5.76. The molecule has 0 bridgehead atoms. The highest BCUT2D eigenvalue weighted by atomic mass is 16.5. The van der Waals surface area contributed by atoms with Crippen LogP contribution in [0, 0.1) is 0 Å². The smallest absolute Gasteiger partial charge is 0.319 e. The van der Waals surface area contributed by atoms with Crippen molar-refractivity contribution in [2.75, 3.05) is 12.4 Å². The first kappa shape index (κ1) is 12.9. The van der Waals surface area contributed by atoms with Gasteiger partial charge < -0.3 is 15.4 Å². The Labute approximate surface area is 110 Å². The maximum atomic E-state index is 11.8. The average Bonchev–Trinajstić information content (AvgIpc) is 2.93. The minimum absolute atomic E-state index is 0.249. The van der Waals surface area contributed by atoms with Crippen LogP contribution in [0.25, 0.3) is 0 Å². The Balaban J connectivity index is 1.90. The first-order chi connectivity index (χ1) is 9.19. The Kier molecular flexibility index (Phi) is 3.97. The van der Waals surface area contributed by atoms with E-state index in [0.717, 1.165) is 5.75 Å². The van der Waals surface area contributed by atoms with Crippen LogP contribution < -0.4 is 15.4 Å². The van der Waals surface area contributed by atoms with Crippen molar-refractivity contribution in [1.29, 1.82) is 0 Å². The number of amides is 2. The van der Waals surface area contributed by atoms with Crippen LogP contribution in [-0.2, 0) is 0 Å². The fourth-order valence-electron chi connectivity index (χ4n) is 1.53. The number of aromatic nitrogens is 3. The number of aromatic amines is 1. The number of nitrogens with one attached hydrogen (secondary N) is 3. The van der Waals surface area contributed by atoms with Gasteiger partial charge in [0.2, 0.25) is 0 Å². The SMILES string of the molecule is COc1ccc(NC(=O)N[C@@H](C)c2ncn[nH]2)cc1. The van der Waals surface area contributed by atoms with Gasteiger partial charge in [-0.1, -0.05) is 0 Å². The molecule has 0 saturated heterocycles. The van der Waals surface area contributed by atoms with E-state index < -0.39 is 0 Å². The summed E-state index contributed by atoms with van der Waals surface area (Å²) in [4.78, 5) is 15.7.